The van der Waals surface area contributed by atoms with Gasteiger partial charge >= 0.3 is 6.18 Å². The minimum Gasteiger partial charge on any atom is -0.497 e. The first-order valence-electron chi connectivity index (χ1n) is 10.6. The van der Waals surface area contributed by atoms with E-state index < -0.39 is 24.2 Å². The Balaban J connectivity index is 1.43. The Kier molecular flexibility index (Phi) is 5.58. The van der Waals surface area contributed by atoms with Gasteiger partial charge in [-0.1, -0.05) is 6.07 Å². The number of fused-ring (bicyclic) bond motifs is 2. The van der Waals surface area contributed by atoms with Crippen molar-refractivity contribution in [3.05, 3.63) is 53.7 Å². The third-order valence-electron chi connectivity index (χ3n) is 5.88. The summed E-state index contributed by atoms with van der Waals surface area (Å²) in [6, 6.07) is 8.45. The number of anilines is 2. The molecule has 2 atom stereocenters. The molecule has 0 aliphatic carbocycles. The fraction of sp³-hybridized carbons (Fsp3) is 0.304. The summed E-state index contributed by atoms with van der Waals surface area (Å²) in [4.78, 5) is 12.9. The molecule has 0 unspecified atom stereocenters. The number of hydrogen-bond acceptors (Lipinski definition) is 7. The molecule has 0 saturated carbocycles. The van der Waals surface area contributed by atoms with Crippen LogP contribution in [-0.4, -0.2) is 42.9 Å². The van der Waals surface area contributed by atoms with Crippen LogP contribution in [0, 0.1) is 0 Å². The maximum atomic E-state index is 14.0. The predicted octanol–water partition coefficient (Wildman–Crippen LogP) is 4.54. The molecule has 0 fully saturated rings. The van der Waals surface area contributed by atoms with Crippen LogP contribution >= 0.6 is 0 Å². The largest absolute Gasteiger partial charge is 0.497 e. The molecular formula is C23H21F3N4O5. The van der Waals surface area contributed by atoms with Gasteiger partial charge in [0.2, 0.25) is 6.79 Å². The van der Waals surface area contributed by atoms with Gasteiger partial charge in [0.1, 0.15) is 17.3 Å². The molecule has 35 heavy (non-hydrogen) atoms. The highest BCUT2D eigenvalue weighted by atomic mass is 19.4. The van der Waals surface area contributed by atoms with E-state index in [1.807, 2.05) is 0 Å². The summed E-state index contributed by atoms with van der Waals surface area (Å²) < 4.78 is 63.8. The topological polar surface area (TPSA) is 95.9 Å². The van der Waals surface area contributed by atoms with Crippen LogP contribution in [0.5, 0.6) is 23.0 Å². The zero-order valence-corrected chi connectivity index (χ0v) is 18.7. The van der Waals surface area contributed by atoms with Crippen LogP contribution in [0.3, 0.4) is 0 Å². The van der Waals surface area contributed by atoms with E-state index >= 15 is 0 Å². The molecule has 12 heteroatoms. The Hall–Kier alpha value is -4.09. The molecule has 0 saturated heterocycles. The fourth-order valence-corrected chi connectivity index (χ4v) is 4.12. The molecule has 9 nitrogen and oxygen atoms in total. The zero-order valence-electron chi connectivity index (χ0n) is 18.7. The van der Waals surface area contributed by atoms with Gasteiger partial charge in [-0.05, 0) is 29.8 Å². The lowest BCUT2D eigenvalue weighted by molar-refractivity contribution is -0.173. The van der Waals surface area contributed by atoms with Crippen molar-refractivity contribution in [3.8, 4) is 23.0 Å². The third kappa shape index (κ3) is 4.27. The summed E-state index contributed by atoms with van der Waals surface area (Å²) in [5, 5.41) is 9.68. The molecule has 3 heterocycles. The second-order valence-electron chi connectivity index (χ2n) is 7.98. The second-order valence-corrected chi connectivity index (χ2v) is 7.98. The summed E-state index contributed by atoms with van der Waals surface area (Å²) in [7, 11) is 2.91. The highest BCUT2D eigenvalue weighted by Crippen LogP contribution is 2.45. The number of nitrogens with one attached hydrogen (secondary N) is 2. The number of ether oxygens (including phenoxy) is 4. The Morgan fingerprint density at radius 2 is 1.91 bits per heavy atom. The summed E-state index contributed by atoms with van der Waals surface area (Å²) >= 11 is 0. The van der Waals surface area contributed by atoms with Crippen molar-refractivity contribution in [2.45, 2.75) is 24.7 Å². The number of rotatable bonds is 5. The molecule has 0 radical (unpaired) electrons. The standard InChI is InChI=1S/C23H21F3N4O5/c1-32-13-4-5-14(18(8-13)33-2)28-22(31)16-10-21-27-15(9-20(23(24,25)26)30(21)29-16)12-3-6-17-19(7-12)35-11-34-17/h3-8,10,15,20,27H,9,11H2,1-2H3,(H,28,31)/t15-,20+/m0/s1. The maximum Gasteiger partial charge on any atom is 0.410 e. The normalized spacial score (nSPS) is 18.4. The molecule has 1 amide bonds. The SMILES string of the molecule is COc1ccc(NC(=O)c2cc3n(n2)[C@@H](C(F)(F)F)C[C@@H](c2ccc4c(c2)OCO4)N3)c(OC)c1. The van der Waals surface area contributed by atoms with Crippen LogP contribution in [0.2, 0.25) is 0 Å². The second kappa shape index (κ2) is 8.60. The molecule has 5 rings (SSSR count). The van der Waals surface area contributed by atoms with Crippen LogP contribution in [0.4, 0.5) is 24.7 Å². The van der Waals surface area contributed by atoms with E-state index in [0.29, 0.717) is 34.2 Å². The minimum atomic E-state index is -4.58. The molecule has 2 aliphatic rings. The number of benzene rings is 2. The number of carbonyl (C=O) groups excluding carboxylic acids is 1. The van der Waals surface area contributed by atoms with Crippen molar-refractivity contribution in [2.24, 2.45) is 0 Å². The number of aromatic nitrogens is 2. The molecule has 2 aromatic carbocycles. The van der Waals surface area contributed by atoms with Crippen molar-refractivity contribution < 1.29 is 36.9 Å². The van der Waals surface area contributed by atoms with E-state index in [1.54, 1.807) is 36.4 Å². The van der Waals surface area contributed by atoms with E-state index in [4.69, 9.17) is 18.9 Å². The highest BCUT2D eigenvalue weighted by molar-refractivity contribution is 6.04. The minimum absolute atomic E-state index is 0.0618. The van der Waals surface area contributed by atoms with Gasteiger partial charge in [0, 0.05) is 18.6 Å². The van der Waals surface area contributed by atoms with Gasteiger partial charge < -0.3 is 29.6 Å². The van der Waals surface area contributed by atoms with Crippen LogP contribution in [0.15, 0.2) is 42.5 Å². The van der Waals surface area contributed by atoms with E-state index in [1.165, 1.54) is 20.3 Å². The summed E-state index contributed by atoms with van der Waals surface area (Å²) in [6.45, 7) is 0.0618. The van der Waals surface area contributed by atoms with E-state index in [0.717, 1.165) is 4.68 Å². The van der Waals surface area contributed by atoms with Crippen molar-refractivity contribution in [1.82, 2.24) is 9.78 Å². The first-order valence-corrected chi connectivity index (χ1v) is 10.6. The van der Waals surface area contributed by atoms with Gasteiger partial charge in [-0.2, -0.15) is 18.3 Å². The summed E-state index contributed by atoms with van der Waals surface area (Å²) in [5.74, 6) is 1.25. The molecule has 3 aromatic rings. The van der Waals surface area contributed by atoms with Gasteiger partial charge in [0.05, 0.1) is 25.9 Å². The van der Waals surface area contributed by atoms with E-state index in [-0.39, 0.29) is 24.7 Å². The first-order chi connectivity index (χ1) is 16.8. The van der Waals surface area contributed by atoms with Gasteiger partial charge in [0.25, 0.3) is 5.91 Å². The number of amides is 1. The van der Waals surface area contributed by atoms with Gasteiger partial charge in [-0.15, -0.1) is 0 Å². The molecule has 1 aromatic heterocycles. The molecule has 2 aliphatic heterocycles. The third-order valence-corrected chi connectivity index (χ3v) is 5.88. The van der Waals surface area contributed by atoms with Crippen molar-refractivity contribution in [1.29, 1.82) is 0 Å². The number of carbonyl (C=O) groups is 1. The number of nitrogens with zero attached hydrogens (tertiary/aromatic N) is 2. The highest BCUT2D eigenvalue weighted by Gasteiger charge is 2.47. The van der Waals surface area contributed by atoms with E-state index in [9.17, 15) is 18.0 Å². The molecular weight excluding hydrogens is 469 g/mol. The van der Waals surface area contributed by atoms with Crippen molar-refractivity contribution in [3.63, 3.8) is 0 Å². The number of methoxy groups -OCH3 is 2. The predicted molar refractivity (Wildman–Crippen MR) is 118 cm³/mol. The Bertz CT molecular complexity index is 1280. The average molecular weight is 490 g/mol. The lowest BCUT2D eigenvalue weighted by Gasteiger charge is -2.33. The smallest absolute Gasteiger partial charge is 0.410 e. The lowest BCUT2D eigenvalue weighted by atomic mass is 9.96. The molecule has 2 N–H and O–H groups in total. The van der Waals surface area contributed by atoms with Crippen LogP contribution in [0.25, 0.3) is 0 Å². The Morgan fingerprint density at radius 1 is 1.11 bits per heavy atom. The van der Waals surface area contributed by atoms with E-state index in [2.05, 4.69) is 15.7 Å². The quantitative estimate of drug-likeness (QED) is 0.542. The zero-order chi connectivity index (χ0) is 24.7. The molecule has 0 bridgehead atoms. The summed E-state index contributed by atoms with van der Waals surface area (Å²) in [6.07, 6.45) is -4.89. The van der Waals surface area contributed by atoms with Gasteiger partial charge in [0.15, 0.2) is 23.2 Å². The monoisotopic (exact) mass is 490 g/mol. The van der Waals surface area contributed by atoms with Crippen LogP contribution < -0.4 is 29.6 Å². The Morgan fingerprint density at radius 3 is 2.66 bits per heavy atom. The fourth-order valence-electron chi connectivity index (χ4n) is 4.12. The van der Waals surface area contributed by atoms with Crippen LogP contribution in [-0.2, 0) is 0 Å². The number of hydrogen-bond donors (Lipinski definition) is 2. The Labute approximate surface area is 197 Å². The maximum absolute atomic E-state index is 14.0. The molecule has 0 spiro atoms. The van der Waals surface area contributed by atoms with Crippen molar-refractivity contribution >= 4 is 17.4 Å². The van der Waals surface area contributed by atoms with Crippen molar-refractivity contribution in [2.75, 3.05) is 31.6 Å². The van der Waals surface area contributed by atoms with Gasteiger partial charge in [-0.25, -0.2) is 4.68 Å². The average Bonchev–Trinajstić information content (AvgIpc) is 3.49. The molecule has 184 valence electrons. The first kappa shape index (κ1) is 22.7. The number of halogens is 3. The number of alkyl halides is 3. The lowest BCUT2D eigenvalue weighted by Crippen LogP contribution is -2.35. The van der Waals surface area contributed by atoms with Gasteiger partial charge in [-0.3, -0.25) is 4.79 Å². The summed E-state index contributed by atoms with van der Waals surface area (Å²) in [5.41, 5.74) is 0.749. The van der Waals surface area contributed by atoms with Crippen LogP contribution in [0.1, 0.15) is 34.6 Å².